The maximum absolute atomic E-state index is 5.54. The van der Waals surface area contributed by atoms with Gasteiger partial charge in [0.2, 0.25) is 0 Å². The van der Waals surface area contributed by atoms with E-state index in [-0.39, 0.29) is 0 Å². The van der Waals surface area contributed by atoms with E-state index in [1.807, 2.05) is 19.3 Å². The minimum Gasteiger partial charge on any atom is -0.358 e. The van der Waals surface area contributed by atoms with E-state index in [9.17, 15) is 0 Å². The van der Waals surface area contributed by atoms with Gasteiger partial charge in [-0.1, -0.05) is 12.8 Å². The molecule has 1 fully saturated rings. The molecule has 0 aromatic carbocycles. The van der Waals surface area contributed by atoms with Gasteiger partial charge in [0, 0.05) is 32.3 Å². The van der Waals surface area contributed by atoms with Crippen molar-refractivity contribution in [2.75, 3.05) is 25.0 Å². The lowest BCUT2D eigenvalue weighted by Crippen LogP contribution is -2.26. The molecule has 0 atom stereocenters. The van der Waals surface area contributed by atoms with Crippen molar-refractivity contribution in [2.24, 2.45) is 5.73 Å². The van der Waals surface area contributed by atoms with E-state index in [1.54, 1.807) is 0 Å². The van der Waals surface area contributed by atoms with Crippen LogP contribution >= 0.6 is 0 Å². The van der Waals surface area contributed by atoms with Gasteiger partial charge in [-0.3, -0.25) is 0 Å². The molecule has 2 rings (SSSR count). The van der Waals surface area contributed by atoms with Crippen LogP contribution in [0.4, 0.5) is 5.82 Å². The van der Waals surface area contributed by atoms with Gasteiger partial charge >= 0.3 is 0 Å². The van der Waals surface area contributed by atoms with Crippen LogP contribution in [-0.4, -0.2) is 30.1 Å². The van der Waals surface area contributed by atoms with Crippen molar-refractivity contribution in [2.45, 2.75) is 31.6 Å². The van der Waals surface area contributed by atoms with Gasteiger partial charge in [-0.2, -0.15) is 0 Å². The van der Waals surface area contributed by atoms with Gasteiger partial charge in [-0.15, -0.1) is 0 Å². The predicted octanol–water partition coefficient (Wildman–Crippen LogP) is 1.53. The summed E-state index contributed by atoms with van der Waals surface area (Å²) in [6.45, 7) is 1.49. The third-order valence-electron chi connectivity index (χ3n) is 3.24. The summed E-state index contributed by atoms with van der Waals surface area (Å²) in [6, 6.07) is 1.95. The number of likely N-dealkylation sites (N-methyl/N-ethyl adjacent to an activating group) is 1. The highest BCUT2D eigenvalue weighted by Crippen LogP contribution is 2.32. The van der Waals surface area contributed by atoms with Crippen LogP contribution in [0.3, 0.4) is 0 Å². The normalized spacial score (nSPS) is 16.6. The maximum atomic E-state index is 5.54. The molecule has 2 N–H and O–H groups in total. The van der Waals surface area contributed by atoms with E-state index >= 15 is 0 Å². The quantitative estimate of drug-likeness (QED) is 0.836. The summed E-state index contributed by atoms with van der Waals surface area (Å²) >= 11 is 0. The molecule has 4 heteroatoms. The van der Waals surface area contributed by atoms with Gasteiger partial charge in [0.15, 0.2) is 0 Å². The molecule has 0 bridgehead atoms. The van der Waals surface area contributed by atoms with E-state index < -0.39 is 0 Å². The third-order valence-corrected chi connectivity index (χ3v) is 3.24. The van der Waals surface area contributed by atoms with Gasteiger partial charge in [-0.25, -0.2) is 9.97 Å². The molecule has 1 aromatic heterocycles. The number of nitrogens with two attached hydrogens (primary N) is 1. The number of anilines is 1. The molecule has 16 heavy (non-hydrogen) atoms. The summed E-state index contributed by atoms with van der Waals surface area (Å²) in [5.41, 5.74) is 5.54. The summed E-state index contributed by atoms with van der Waals surface area (Å²) in [4.78, 5) is 11.1. The molecule has 0 radical (unpaired) electrons. The van der Waals surface area contributed by atoms with Crippen LogP contribution in [0.15, 0.2) is 12.3 Å². The zero-order chi connectivity index (χ0) is 11.4. The van der Waals surface area contributed by atoms with Crippen LogP contribution in [-0.2, 0) is 0 Å². The molecule has 88 valence electrons. The van der Waals surface area contributed by atoms with E-state index in [0.29, 0.717) is 12.5 Å². The fraction of sp³-hybridized carbons (Fsp3) is 0.667. The molecule has 1 aliphatic carbocycles. The third kappa shape index (κ3) is 2.50. The average molecular weight is 220 g/mol. The fourth-order valence-electron chi connectivity index (χ4n) is 2.27. The fourth-order valence-corrected chi connectivity index (χ4v) is 2.27. The van der Waals surface area contributed by atoms with Crippen molar-refractivity contribution in [3.63, 3.8) is 0 Å². The first-order valence-electron chi connectivity index (χ1n) is 6.05. The average Bonchev–Trinajstić information content (AvgIpc) is 2.83. The largest absolute Gasteiger partial charge is 0.358 e. The second kappa shape index (κ2) is 5.25. The minimum absolute atomic E-state index is 0.575. The standard InChI is InChI=1S/C12H20N4/c1-16(9-7-13)11-6-8-14-12(15-11)10-4-2-3-5-10/h6,8,10H,2-5,7,9,13H2,1H3. The summed E-state index contributed by atoms with van der Waals surface area (Å²) in [6.07, 6.45) is 6.98. The molecule has 0 spiro atoms. The van der Waals surface area contributed by atoms with E-state index in [2.05, 4.69) is 14.9 Å². The molecule has 0 aliphatic heterocycles. The Hall–Kier alpha value is -1.16. The Kier molecular flexibility index (Phi) is 3.72. The first-order chi connectivity index (χ1) is 7.81. The van der Waals surface area contributed by atoms with Gasteiger partial charge < -0.3 is 10.6 Å². The van der Waals surface area contributed by atoms with Crippen molar-refractivity contribution in [3.05, 3.63) is 18.1 Å². The van der Waals surface area contributed by atoms with Crippen molar-refractivity contribution < 1.29 is 0 Å². The molecule has 0 unspecified atom stereocenters. The molecular formula is C12H20N4. The summed E-state index contributed by atoms with van der Waals surface area (Å²) in [5.74, 6) is 2.58. The second-order valence-corrected chi connectivity index (χ2v) is 4.46. The molecule has 1 aromatic rings. The molecule has 1 heterocycles. The highest BCUT2D eigenvalue weighted by Gasteiger charge is 2.20. The molecule has 0 amide bonds. The summed E-state index contributed by atoms with van der Waals surface area (Å²) in [5, 5.41) is 0. The smallest absolute Gasteiger partial charge is 0.133 e. The molecular weight excluding hydrogens is 200 g/mol. The van der Waals surface area contributed by atoms with Gasteiger partial charge in [0.1, 0.15) is 11.6 Å². The summed E-state index contributed by atoms with van der Waals surface area (Å²) < 4.78 is 0. The molecule has 1 saturated carbocycles. The first kappa shape index (κ1) is 11.3. The second-order valence-electron chi connectivity index (χ2n) is 4.46. The Morgan fingerprint density at radius 1 is 1.44 bits per heavy atom. The number of hydrogen-bond acceptors (Lipinski definition) is 4. The van der Waals surface area contributed by atoms with Crippen LogP contribution in [0.5, 0.6) is 0 Å². The lowest BCUT2D eigenvalue weighted by molar-refractivity contribution is 0.664. The van der Waals surface area contributed by atoms with E-state index in [4.69, 9.17) is 5.73 Å². The van der Waals surface area contributed by atoms with Gasteiger partial charge in [0.05, 0.1) is 0 Å². The Bertz CT molecular complexity index is 334. The Morgan fingerprint density at radius 2 is 2.19 bits per heavy atom. The van der Waals surface area contributed by atoms with Crippen LogP contribution in [0.1, 0.15) is 37.4 Å². The SMILES string of the molecule is CN(CCN)c1ccnc(C2CCCC2)n1. The Morgan fingerprint density at radius 3 is 2.88 bits per heavy atom. The first-order valence-corrected chi connectivity index (χ1v) is 6.05. The number of aromatic nitrogens is 2. The number of rotatable bonds is 4. The highest BCUT2D eigenvalue weighted by atomic mass is 15.2. The Labute approximate surface area is 96.9 Å². The monoisotopic (exact) mass is 220 g/mol. The number of nitrogens with zero attached hydrogens (tertiary/aromatic N) is 3. The number of hydrogen-bond donors (Lipinski definition) is 1. The van der Waals surface area contributed by atoms with Crippen LogP contribution in [0, 0.1) is 0 Å². The molecule has 1 aliphatic rings. The maximum Gasteiger partial charge on any atom is 0.133 e. The summed E-state index contributed by atoms with van der Waals surface area (Å²) in [7, 11) is 2.02. The van der Waals surface area contributed by atoms with Crippen molar-refractivity contribution >= 4 is 5.82 Å². The lowest BCUT2D eigenvalue weighted by atomic mass is 10.1. The Balaban J connectivity index is 2.12. The lowest BCUT2D eigenvalue weighted by Gasteiger charge is -2.18. The van der Waals surface area contributed by atoms with E-state index in [1.165, 1.54) is 25.7 Å². The molecule has 0 saturated heterocycles. The van der Waals surface area contributed by atoms with Crippen molar-refractivity contribution in [1.82, 2.24) is 9.97 Å². The van der Waals surface area contributed by atoms with Gasteiger partial charge in [0.25, 0.3) is 0 Å². The van der Waals surface area contributed by atoms with Crippen LogP contribution in [0.25, 0.3) is 0 Å². The molecule has 4 nitrogen and oxygen atoms in total. The highest BCUT2D eigenvalue weighted by molar-refractivity contribution is 5.36. The predicted molar refractivity (Wildman–Crippen MR) is 65.6 cm³/mol. The van der Waals surface area contributed by atoms with Gasteiger partial charge in [-0.05, 0) is 18.9 Å². The minimum atomic E-state index is 0.575. The topological polar surface area (TPSA) is 55.0 Å². The van der Waals surface area contributed by atoms with Crippen LogP contribution in [0.2, 0.25) is 0 Å². The van der Waals surface area contributed by atoms with Crippen molar-refractivity contribution in [3.8, 4) is 0 Å². The van der Waals surface area contributed by atoms with E-state index in [0.717, 1.165) is 18.2 Å². The van der Waals surface area contributed by atoms with Crippen molar-refractivity contribution in [1.29, 1.82) is 0 Å². The zero-order valence-corrected chi connectivity index (χ0v) is 9.89. The van der Waals surface area contributed by atoms with Crippen LogP contribution < -0.4 is 10.6 Å². The zero-order valence-electron chi connectivity index (χ0n) is 9.89.